The van der Waals surface area contributed by atoms with Gasteiger partial charge in [0.15, 0.2) is 0 Å². The lowest BCUT2D eigenvalue weighted by Gasteiger charge is -2.13. The first-order valence-electron chi connectivity index (χ1n) is 7.41. The van der Waals surface area contributed by atoms with Gasteiger partial charge in [-0.3, -0.25) is 0 Å². The van der Waals surface area contributed by atoms with Crippen molar-refractivity contribution in [3.63, 3.8) is 0 Å². The molecule has 4 rings (SSSR count). The van der Waals surface area contributed by atoms with Crippen molar-refractivity contribution in [2.24, 2.45) is 0 Å². The van der Waals surface area contributed by atoms with Gasteiger partial charge in [0.2, 0.25) is 0 Å². The summed E-state index contributed by atoms with van der Waals surface area (Å²) >= 11 is 0. The van der Waals surface area contributed by atoms with E-state index in [1.807, 2.05) is 24.3 Å². The van der Waals surface area contributed by atoms with Crippen LogP contribution in [0.5, 0.6) is 0 Å². The maximum atomic E-state index is 9.71. The summed E-state index contributed by atoms with van der Waals surface area (Å²) in [6.45, 7) is -0.0159. The van der Waals surface area contributed by atoms with E-state index in [1.54, 1.807) is 6.08 Å². The molecule has 2 N–H and O–H groups in total. The van der Waals surface area contributed by atoms with Gasteiger partial charge in [-0.1, -0.05) is 54.6 Å². The van der Waals surface area contributed by atoms with Crippen LogP contribution in [0, 0.1) is 0 Å². The molecule has 0 bridgehead atoms. The largest absolute Gasteiger partial charge is 0.392 e. The van der Waals surface area contributed by atoms with E-state index in [2.05, 4.69) is 30.3 Å². The van der Waals surface area contributed by atoms with Gasteiger partial charge in [-0.2, -0.15) is 0 Å². The van der Waals surface area contributed by atoms with Crippen LogP contribution < -0.4 is 5.22 Å². The highest BCUT2D eigenvalue weighted by atomic mass is 16.3. The van der Waals surface area contributed by atoms with Gasteiger partial charge >= 0.3 is 0 Å². The van der Waals surface area contributed by atoms with Crippen LogP contribution in [0.1, 0.15) is 5.56 Å². The Morgan fingerprint density at radius 1 is 0.773 bits per heavy atom. The summed E-state index contributed by atoms with van der Waals surface area (Å²) in [5.41, 5.74) is 0.896. The van der Waals surface area contributed by atoms with E-state index in [1.165, 1.54) is 16.2 Å². The predicted molar refractivity (Wildman–Crippen MR) is 91.7 cm³/mol. The SMILES string of the molecule is OC/C=c1\ccc2c3ccccc3cc3ccc(CO)c1c32. The summed E-state index contributed by atoms with van der Waals surface area (Å²) in [7, 11) is 0. The number of aliphatic hydroxyl groups is 2. The van der Waals surface area contributed by atoms with Crippen LogP contribution in [-0.4, -0.2) is 16.8 Å². The smallest absolute Gasteiger partial charge is 0.0688 e. The lowest BCUT2D eigenvalue weighted by molar-refractivity contribution is 0.283. The molecule has 0 aliphatic rings. The molecule has 0 aliphatic heterocycles. The maximum Gasteiger partial charge on any atom is 0.0688 e. The molecule has 0 unspecified atom stereocenters. The fourth-order valence-corrected chi connectivity index (χ4v) is 3.40. The minimum absolute atomic E-state index is 0.00580. The van der Waals surface area contributed by atoms with Crippen LogP contribution in [0.4, 0.5) is 0 Å². The van der Waals surface area contributed by atoms with Crippen molar-refractivity contribution in [1.29, 1.82) is 0 Å². The van der Waals surface area contributed by atoms with Crippen LogP contribution >= 0.6 is 0 Å². The zero-order chi connectivity index (χ0) is 15.1. The van der Waals surface area contributed by atoms with Crippen LogP contribution in [0.3, 0.4) is 0 Å². The van der Waals surface area contributed by atoms with Crippen molar-refractivity contribution in [1.82, 2.24) is 0 Å². The molecule has 0 heterocycles. The zero-order valence-corrected chi connectivity index (χ0v) is 12.1. The molecule has 4 aromatic carbocycles. The highest BCUT2D eigenvalue weighted by Gasteiger charge is 2.10. The topological polar surface area (TPSA) is 40.5 Å². The summed E-state index contributed by atoms with van der Waals surface area (Å²) < 4.78 is 0. The van der Waals surface area contributed by atoms with Gasteiger partial charge in [0.25, 0.3) is 0 Å². The average Bonchev–Trinajstić information content (AvgIpc) is 2.57. The quantitative estimate of drug-likeness (QED) is 0.439. The van der Waals surface area contributed by atoms with Gasteiger partial charge in [0.1, 0.15) is 0 Å². The number of hydrogen-bond acceptors (Lipinski definition) is 2. The molecule has 108 valence electrons. The van der Waals surface area contributed by atoms with Crippen molar-refractivity contribution >= 4 is 38.4 Å². The fraction of sp³-hybridized carbons (Fsp3) is 0.100. The Hall–Kier alpha value is -2.42. The predicted octanol–water partition coefficient (Wildman–Crippen LogP) is 3.13. The molecule has 22 heavy (non-hydrogen) atoms. The lowest BCUT2D eigenvalue weighted by atomic mass is 9.91. The fourth-order valence-electron chi connectivity index (χ4n) is 3.40. The van der Waals surface area contributed by atoms with Gasteiger partial charge in [-0.05, 0) is 49.2 Å². The van der Waals surface area contributed by atoms with E-state index in [9.17, 15) is 10.2 Å². The number of fused-ring (bicyclic) bond motifs is 2. The van der Waals surface area contributed by atoms with Crippen molar-refractivity contribution in [3.8, 4) is 0 Å². The Kier molecular flexibility index (Phi) is 3.07. The van der Waals surface area contributed by atoms with Crippen LogP contribution in [0.15, 0.2) is 54.6 Å². The molecule has 2 nitrogen and oxygen atoms in total. The molecule has 0 radical (unpaired) electrons. The maximum absolute atomic E-state index is 9.71. The van der Waals surface area contributed by atoms with Gasteiger partial charge in [-0.15, -0.1) is 0 Å². The molecule has 0 aliphatic carbocycles. The van der Waals surface area contributed by atoms with Crippen molar-refractivity contribution in [2.75, 3.05) is 6.61 Å². The Morgan fingerprint density at radius 3 is 2.45 bits per heavy atom. The first-order chi connectivity index (χ1) is 10.8. The molecule has 2 heteroatoms. The normalized spacial score (nSPS) is 12.7. The molecule has 0 atom stereocenters. The molecule has 0 saturated carbocycles. The van der Waals surface area contributed by atoms with Crippen molar-refractivity contribution < 1.29 is 10.2 Å². The Morgan fingerprint density at radius 2 is 1.64 bits per heavy atom. The van der Waals surface area contributed by atoms with E-state index in [4.69, 9.17) is 0 Å². The molecule has 0 spiro atoms. The second-order valence-corrected chi connectivity index (χ2v) is 5.54. The average molecular weight is 288 g/mol. The van der Waals surface area contributed by atoms with Gasteiger partial charge in [-0.25, -0.2) is 0 Å². The molecule has 0 saturated heterocycles. The second-order valence-electron chi connectivity index (χ2n) is 5.54. The third-order valence-corrected chi connectivity index (χ3v) is 4.35. The summed E-state index contributed by atoms with van der Waals surface area (Å²) in [6, 6.07) is 18.7. The van der Waals surface area contributed by atoms with Gasteiger partial charge in [0.05, 0.1) is 13.2 Å². The third-order valence-electron chi connectivity index (χ3n) is 4.35. The minimum Gasteiger partial charge on any atom is -0.392 e. The van der Waals surface area contributed by atoms with E-state index in [0.717, 1.165) is 26.9 Å². The molecule has 0 aromatic heterocycles. The second kappa shape index (κ2) is 5.09. The monoisotopic (exact) mass is 288 g/mol. The number of benzene rings is 4. The summed E-state index contributed by atoms with van der Waals surface area (Å²) in [4.78, 5) is 0. The molecule has 4 aromatic rings. The zero-order valence-electron chi connectivity index (χ0n) is 12.1. The van der Waals surface area contributed by atoms with Crippen molar-refractivity contribution in [3.05, 3.63) is 65.4 Å². The first kappa shape index (κ1) is 13.3. The Bertz CT molecular complexity index is 1050. The highest BCUT2D eigenvalue weighted by molar-refractivity contribution is 6.21. The number of aliphatic hydroxyl groups excluding tert-OH is 2. The van der Waals surface area contributed by atoms with E-state index >= 15 is 0 Å². The summed E-state index contributed by atoms with van der Waals surface area (Å²) in [6.07, 6.45) is 1.79. The number of hydrogen-bond donors (Lipinski definition) is 2. The Labute approximate surface area is 127 Å². The highest BCUT2D eigenvalue weighted by Crippen LogP contribution is 2.33. The van der Waals surface area contributed by atoms with E-state index in [-0.39, 0.29) is 13.2 Å². The van der Waals surface area contributed by atoms with Gasteiger partial charge in [0, 0.05) is 0 Å². The molecule has 0 amide bonds. The molecule has 0 fully saturated rings. The summed E-state index contributed by atoms with van der Waals surface area (Å²) in [5, 5.41) is 26.9. The third kappa shape index (κ3) is 1.82. The first-order valence-corrected chi connectivity index (χ1v) is 7.41. The standard InChI is InChI=1S/C20H16O2/c21-10-9-13-7-8-18-17-4-2-1-3-14(17)11-15-5-6-16(12-22)19(13)20(15)18/h1-9,11,21-22H,10,12H2/b13-9+. The Balaban J connectivity index is 2.34. The van der Waals surface area contributed by atoms with Crippen LogP contribution in [0.25, 0.3) is 38.4 Å². The van der Waals surface area contributed by atoms with E-state index < -0.39 is 0 Å². The lowest BCUT2D eigenvalue weighted by Crippen LogP contribution is -2.07. The van der Waals surface area contributed by atoms with Crippen LogP contribution in [-0.2, 0) is 6.61 Å². The van der Waals surface area contributed by atoms with E-state index in [0.29, 0.717) is 0 Å². The van der Waals surface area contributed by atoms with Crippen molar-refractivity contribution in [2.45, 2.75) is 6.61 Å². The van der Waals surface area contributed by atoms with Crippen LogP contribution in [0.2, 0.25) is 0 Å². The molecular formula is C20H16O2. The minimum atomic E-state index is -0.0101. The summed E-state index contributed by atoms with van der Waals surface area (Å²) in [5.74, 6) is 0. The molecular weight excluding hydrogens is 272 g/mol. The van der Waals surface area contributed by atoms with Gasteiger partial charge < -0.3 is 10.2 Å². The number of rotatable bonds is 2.